The number of fused-ring (bicyclic) bond motifs is 1. The topological polar surface area (TPSA) is 43.6 Å². The molecule has 0 amide bonds. The molecule has 0 unspecified atom stereocenters. The highest BCUT2D eigenvalue weighted by Gasteiger charge is 2.05. The summed E-state index contributed by atoms with van der Waals surface area (Å²) in [5.41, 5.74) is 2.81. The molecule has 0 aliphatic rings. The van der Waals surface area contributed by atoms with Gasteiger partial charge >= 0.3 is 0 Å². The first kappa shape index (κ1) is 16.1. The van der Waals surface area contributed by atoms with Crippen LogP contribution in [0.2, 0.25) is 0 Å². The van der Waals surface area contributed by atoms with Gasteiger partial charge in [0.2, 0.25) is 0 Å². The molecule has 2 aromatic carbocycles. The fourth-order valence-electron chi connectivity index (χ4n) is 2.51. The molecule has 0 aliphatic carbocycles. The maximum atomic E-state index is 12.0. The maximum Gasteiger partial charge on any atom is 0.258 e. The summed E-state index contributed by atoms with van der Waals surface area (Å²) in [6.45, 7) is 0.265. The normalized spacial score (nSPS) is 10.9. The average molecular weight is 413 g/mol. The van der Waals surface area contributed by atoms with Crippen LogP contribution >= 0.6 is 27.3 Å². The number of thiazole rings is 1. The van der Waals surface area contributed by atoms with Gasteiger partial charge in [-0.25, -0.2) is 4.98 Å². The summed E-state index contributed by atoms with van der Waals surface area (Å²) in [6.07, 6.45) is 1.72. The fraction of sp³-hybridized carbons (Fsp3) is 0.0526. The molecule has 124 valence electrons. The zero-order chi connectivity index (χ0) is 17.2. The number of nitrogens with zero attached hydrogens (tertiary/aromatic N) is 2. The SMILES string of the molecule is O=c1cc(COc2ccc(-c3ccc(Br)cc3)cc2)nc2sccn12. The predicted octanol–water partition coefficient (Wildman–Crippen LogP) is 4.76. The van der Waals surface area contributed by atoms with Crippen molar-refractivity contribution in [1.82, 2.24) is 9.38 Å². The summed E-state index contributed by atoms with van der Waals surface area (Å²) in [5, 5.41) is 1.84. The van der Waals surface area contributed by atoms with Crippen LogP contribution in [-0.2, 0) is 6.61 Å². The lowest BCUT2D eigenvalue weighted by Crippen LogP contribution is -2.14. The van der Waals surface area contributed by atoms with Crippen LogP contribution in [0.15, 0.2) is 75.4 Å². The number of rotatable bonds is 4. The second-order valence-corrected chi connectivity index (χ2v) is 7.25. The molecular weight excluding hydrogens is 400 g/mol. The van der Waals surface area contributed by atoms with Gasteiger partial charge in [-0.2, -0.15) is 0 Å². The minimum Gasteiger partial charge on any atom is -0.487 e. The van der Waals surface area contributed by atoms with Crippen molar-refractivity contribution in [3.05, 3.63) is 86.7 Å². The highest BCUT2D eigenvalue weighted by molar-refractivity contribution is 9.10. The van der Waals surface area contributed by atoms with E-state index in [1.807, 2.05) is 41.8 Å². The van der Waals surface area contributed by atoms with Crippen molar-refractivity contribution in [3.63, 3.8) is 0 Å². The number of hydrogen-bond acceptors (Lipinski definition) is 4. The van der Waals surface area contributed by atoms with Crippen LogP contribution in [0.4, 0.5) is 0 Å². The summed E-state index contributed by atoms with van der Waals surface area (Å²) in [7, 11) is 0. The fourth-order valence-corrected chi connectivity index (χ4v) is 3.51. The van der Waals surface area contributed by atoms with Crippen LogP contribution in [0.1, 0.15) is 5.69 Å². The minimum absolute atomic E-state index is 0.0876. The number of hydrogen-bond donors (Lipinski definition) is 0. The van der Waals surface area contributed by atoms with E-state index in [2.05, 4.69) is 33.0 Å². The van der Waals surface area contributed by atoms with Crippen LogP contribution in [0, 0.1) is 0 Å². The second-order valence-electron chi connectivity index (χ2n) is 5.46. The van der Waals surface area contributed by atoms with Gasteiger partial charge in [0, 0.05) is 22.1 Å². The molecule has 2 heterocycles. The minimum atomic E-state index is -0.0876. The summed E-state index contributed by atoms with van der Waals surface area (Å²) in [4.78, 5) is 17.1. The van der Waals surface area contributed by atoms with Crippen molar-refractivity contribution in [2.45, 2.75) is 6.61 Å². The van der Waals surface area contributed by atoms with Gasteiger partial charge in [0.25, 0.3) is 5.56 Å². The Morgan fingerprint density at radius 3 is 2.44 bits per heavy atom. The van der Waals surface area contributed by atoms with Crippen LogP contribution < -0.4 is 10.3 Å². The molecule has 25 heavy (non-hydrogen) atoms. The Morgan fingerprint density at radius 2 is 1.72 bits per heavy atom. The van der Waals surface area contributed by atoms with E-state index in [0.717, 1.165) is 21.3 Å². The smallest absolute Gasteiger partial charge is 0.258 e. The van der Waals surface area contributed by atoms with Crippen LogP contribution in [0.3, 0.4) is 0 Å². The van der Waals surface area contributed by atoms with Gasteiger partial charge in [-0.15, -0.1) is 11.3 Å². The number of benzene rings is 2. The molecule has 4 rings (SSSR count). The summed E-state index contributed by atoms with van der Waals surface area (Å²) >= 11 is 4.87. The van der Waals surface area contributed by atoms with Crippen LogP contribution in [0.5, 0.6) is 5.75 Å². The van der Waals surface area contributed by atoms with E-state index in [1.54, 1.807) is 6.20 Å². The Bertz CT molecular complexity index is 1070. The molecular formula is C19H13BrN2O2S. The highest BCUT2D eigenvalue weighted by atomic mass is 79.9. The Kier molecular flexibility index (Phi) is 4.38. The van der Waals surface area contributed by atoms with E-state index in [1.165, 1.54) is 21.8 Å². The molecule has 0 saturated carbocycles. The lowest BCUT2D eigenvalue weighted by atomic mass is 10.1. The monoisotopic (exact) mass is 412 g/mol. The molecule has 4 aromatic rings. The van der Waals surface area contributed by atoms with E-state index >= 15 is 0 Å². The zero-order valence-electron chi connectivity index (χ0n) is 13.1. The highest BCUT2D eigenvalue weighted by Crippen LogP contribution is 2.24. The third-order valence-electron chi connectivity index (χ3n) is 3.77. The van der Waals surface area contributed by atoms with Crippen molar-refractivity contribution in [2.75, 3.05) is 0 Å². The lowest BCUT2D eigenvalue weighted by molar-refractivity contribution is 0.301. The van der Waals surface area contributed by atoms with Gasteiger partial charge in [-0.1, -0.05) is 40.2 Å². The third kappa shape index (κ3) is 3.50. The first-order valence-corrected chi connectivity index (χ1v) is 9.31. The Morgan fingerprint density at radius 1 is 1.04 bits per heavy atom. The number of ether oxygens (including phenoxy) is 1. The summed E-state index contributed by atoms with van der Waals surface area (Å²) in [5.74, 6) is 0.744. The van der Waals surface area contributed by atoms with Gasteiger partial charge in [-0.3, -0.25) is 9.20 Å². The lowest BCUT2D eigenvalue weighted by Gasteiger charge is -2.07. The largest absolute Gasteiger partial charge is 0.487 e. The molecule has 0 fully saturated rings. The first-order valence-electron chi connectivity index (χ1n) is 7.64. The van der Waals surface area contributed by atoms with Crippen molar-refractivity contribution in [2.24, 2.45) is 0 Å². The Balaban J connectivity index is 1.49. The Hall–Kier alpha value is -2.44. The third-order valence-corrected chi connectivity index (χ3v) is 5.06. The van der Waals surface area contributed by atoms with Crippen molar-refractivity contribution in [1.29, 1.82) is 0 Å². The molecule has 2 aromatic heterocycles. The molecule has 4 nitrogen and oxygen atoms in total. The molecule has 0 bridgehead atoms. The number of aromatic nitrogens is 2. The predicted molar refractivity (Wildman–Crippen MR) is 103 cm³/mol. The van der Waals surface area contributed by atoms with Crippen LogP contribution in [-0.4, -0.2) is 9.38 Å². The first-order chi connectivity index (χ1) is 12.2. The van der Waals surface area contributed by atoms with E-state index in [0.29, 0.717) is 10.7 Å². The molecule has 0 radical (unpaired) electrons. The summed E-state index contributed by atoms with van der Waals surface area (Å²) < 4.78 is 8.36. The molecule has 0 atom stereocenters. The standard InChI is InChI=1S/C19H13BrN2O2S/c20-15-5-1-13(2-6-15)14-3-7-17(8-4-14)24-12-16-11-18(23)22-9-10-25-19(22)21-16/h1-11H,12H2. The van der Waals surface area contributed by atoms with Crippen LogP contribution in [0.25, 0.3) is 16.1 Å². The Labute approximate surface area is 156 Å². The second kappa shape index (κ2) is 6.82. The maximum absolute atomic E-state index is 12.0. The van der Waals surface area contributed by atoms with Gasteiger partial charge < -0.3 is 4.74 Å². The van der Waals surface area contributed by atoms with E-state index in [-0.39, 0.29) is 12.2 Å². The molecule has 0 spiro atoms. The molecule has 0 saturated heterocycles. The quantitative estimate of drug-likeness (QED) is 0.485. The van der Waals surface area contributed by atoms with Gasteiger partial charge in [-0.05, 0) is 35.4 Å². The van der Waals surface area contributed by atoms with E-state index in [4.69, 9.17) is 4.74 Å². The zero-order valence-corrected chi connectivity index (χ0v) is 15.5. The van der Waals surface area contributed by atoms with Crippen molar-refractivity contribution >= 4 is 32.2 Å². The van der Waals surface area contributed by atoms with Crippen molar-refractivity contribution < 1.29 is 4.74 Å². The number of halogens is 1. The van der Waals surface area contributed by atoms with Gasteiger partial charge in [0.15, 0.2) is 4.96 Å². The average Bonchev–Trinajstić information content (AvgIpc) is 3.10. The summed E-state index contributed by atoms with van der Waals surface area (Å²) in [6, 6.07) is 17.6. The molecule has 0 aliphatic heterocycles. The van der Waals surface area contributed by atoms with Gasteiger partial charge in [0.1, 0.15) is 12.4 Å². The van der Waals surface area contributed by atoms with Gasteiger partial charge in [0.05, 0.1) is 5.69 Å². The van der Waals surface area contributed by atoms with E-state index < -0.39 is 0 Å². The van der Waals surface area contributed by atoms with E-state index in [9.17, 15) is 4.79 Å². The van der Waals surface area contributed by atoms with Crippen molar-refractivity contribution in [3.8, 4) is 16.9 Å². The molecule has 6 heteroatoms. The molecule has 0 N–H and O–H groups in total.